The molecule has 0 unspecified atom stereocenters. The third-order valence-electron chi connectivity index (χ3n) is 3.78. The molecule has 1 heterocycles. The molecular formula is C12H23N. The molecule has 2 aliphatic rings. The van der Waals surface area contributed by atoms with Crippen molar-refractivity contribution in [2.24, 2.45) is 11.8 Å². The first-order valence-corrected chi connectivity index (χ1v) is 5.82. The normalized spacial score (nSPS) is 27.9. The van der Waals surface area contributed by atoms with Crippen LogP contribution in [-0.2, 0) is 0 Å². The standard InChI is InChI=1S/C12H23N/c1-12(2,3)13-8-6-11(7-9-13)10-4-5-10/h10-11H,4-9H2,1-3H3. The fraction of sp³-hybridized carbons (Fsp3) is 1.00. The van der Waals surface area contributed by atoms with Crippen LogP contribution in [0.1, 0.15) is 46.5 Å². The van der Waals surface area contributed by atoms with E-state index in [1.54, 1.807) is 0 Å². The van der Waals surface area contributed by atoms with Crippen molar-refractivity contribution in [2.45, 2.75) is 52.0 Å². The fourth-order valence-corrected chi connectivity index (χ4v) is 2.61. The molecule has 1 heteroatoms. The molecule has 0 aromatic heterocycles. The van der Waals surface area contributed by atoms with Gasteiger partial charge in [0.05, 0.1) is 0 Å². The predicted molar refractivity (Wildman–Crippen MR) is 56.8 cm³/mol. The summed E-state index contributed by atoms with van der Waals surface area (Å²) in [6.45, 7) is 9.69. The van der Waals surface area contributed by atoms with E-state index in [9.17, 15) is 0 Å². The Morgan fingerprint density at radius 2 is 1.31 bits per heavy atom. The van der Waals surface area contributed by atoms with Gasteiger partial charge in [0.15, 0.2) is 0 Å². The summed E-state index contributed by atoms with van der Waals surface area (Å²) in [5.41, 5.74) is 0.397. The molecule has 0 atom stereocenters. The minimum atomic E-state index is 0.397. The lowest BCUT2D eigenvalue weighted by Crippen LogP contribution is -2.46. The number of likely N-dealkylation sites (tertiary alicyclic amines) is 1. The Labute approximate surface area is 82.5 Å². The Kier molecular flexibility index (Phi) is 2.39. The molecule has 76 valence electrons. The van der Waals surface area contributed by atoms with Gasteiger partial charge in [-0.2, -0.15) is 0 Å². The van der Waals surface area contributed by atoms with Gasteiger partial charge in [-0.3, -0.25) is 4.90 Å². The van der Waals surface area contributed by atoms with Crippen molar-refractivity contribution in [3.05, 3.63) is 0 Å². The molecule has 0 radical (unpaired) electrons. The summed E-state index contributed by atoms with van der Waals surface area (Å²) in [7, 11) is 0. The number of piperidine rings is 1. The molecule has 0 aromatic carbocycles. The van der Waals surface area contributed by atoms with Crippen molar-refractivity contribution in [3.8, 4) is 0 Å². The van der Waals surface area contributed by atoms with E-state index < -0.39 is 0 Å². The summed E-state index contributed by atoms with van der Waals surface area (Å²) in [5, 5.41) is 0. The van der Waals surface area contributed by atoms with E-state index in [2.05, 4.69) is 25.7 Å². The van der Waals surface area contributed by atoms with Gasteiger partial charge in [0.2, 0.25) is 0 Å². The van der Waals surface area contributed by atoms with Crippen LogP contribution in [0.4, 0.5) is 0 Å². The van der Waals surface area contributed by atoms with E-state index in [0.717, 1.165) is 11.8 Å². The zero-order valence-electron chi connectivity index (χ0n) is 9.34. The second-order valence-corrected chi connectivity index (χ2v) is 5.83. The highest BCUT2D eigenvalue weighted by molar-refractivity contribution is 4.88. The molecule has 1 saturated carbocycles. The number of nitrogens with zero attached hydrogens (tertiary/aromatic N) is 1. The van der Waals surface area contributed by atoms with Gasteiger partial charge in [0.1, 0.15) is 0 Å². The minimum absolute atomic E-state index is 0.397. The van der Waals surface area contributed by atoms with E-state index in [1.807, 2.05) is 0 Å². The maximum atomic E-state index is 2.64. The van der Waals surface area contributed by atoms with Crippen LogP contribution in [0.5, 0.6) is 0 Å². The highest BCUT2D eigenvalue weighted by atomic mass is 15.2. The van der Waals surface area contributed by atoms with Crippen LogP contribution in [0.15, 0.2) is 0 Å². The molecule has 1 aliphatic carbocycles. The van der Waals surface area contributed by atoms with Crippen LogP contribution in [0.2, 0.25) is 0 Å². The summed E-state index contributed by atoms with van der Waals surface area (Å²) >= 11 is 0. The lowest BCUT2D eigenvalue weighted by molar-refractivity contribution is 0.0821. The molecule has 2 rings (SSSR count). The lowest BCUT2D eigenvalue weighted by Gasteiger charge is -2.41. The van der Waals surface area contributed by atoms with Gasteiger partial charge in [-0.05, 0) is 71.4 Å². The number of rotatable bonds is 1. The van der Waals surface area contributed by atoms with Crippen LogP contribution in [0.3, 0.4) is 0 Å². The molecule has 1 nitrogen and oxygen atoms in total. The topological polar surface area (TPSA) is 3.24 Å². The monoisotopic (exact) mass is 181 g/mol. The Morgan fingerprint density at radius 1 is 0.846 bits per heavy atom. The van der Waals surface area contributed by atoms with Gasteiger partial charge >= 0.3 is 0 Å². The maximum Gasteiger partial charge on any atom is 0.0125 e. The zero-order valence-corrected chi connectivity index (χ0v) is 9.34. The SMILES string of the molecule is CC(C)(C)N1CCC(C2CC2)CC1. The average molecular weight is 181 g/mol. The first-order valence-electron chi connectivity index (χ1n) is 5.82. The minimum Gasteiger partial charge on any atom is -0.298 e. The molecule has 0 N–H and O–H groups in total. The molecule has 0 bridgehead atoms. The molecule has 0 amide bonds. The van der Waals surface area contributed by atoms with Crippen LogP contribution >= 0.6 is 0 Å². The highest BCUT2D eigenvalue weighted by Gasteiger charge is 2.35. The average Bonchev–Trinajstić information content (AvgIpc) is 2.85. The molecule has 0 aromatic rings. The number of hydrogen-bond acceptors (Lipinski definition) is 1. The molecular weight excluding hydrogens is 158 g/mol. The molecule has 13 heavy (non-hydrogen) atoms. The number of hydrogen-bond donors (Lipinski definition) is 0. The van der Waals surface area contributed by atoms with Gasteiger partial charge in [-0.25, -0.2) is 0 Å². The summed E-state index contributed by atoms with van der Waals surface area (Å²) in [5.74, 6) is 2.21. The third kappa shape index (κ3) is 2.25. The van der Waals surface area contributed by atoms with Crippen molar-refractivity contribution in [1.29, 1.82) is 0 Å². The van der Waals surface area contributed by atoms with Crippen LogP contribution in [0.25, 0.3) is 0 Å². The Hall–Kier alpha value is -0.0400. The Balaban J connectivity index is 1.81. The van der Waals surface area contributed by atoms with Crippen LogP contribution in [0, 0.1) is 11.8 Å². The van der Waals surface area contributed by atoms with Crippen LogP contribution in [-0.4, -0.2) is 23.5 Å². The van der Waals surface area contributed by atoms with E-state index in [4.69, 9.17) is 0 Å². The van der Waals surface area contributed by atoms with Gasteiger partial charge in [-0.1, -0.05) is 0 Å². The van der Waals surface area contributed by atoms with Gasteiger partial charge in [0, 0.05) is 5.54 Å². The second kappa shape index (κ2) is 3.27. The first kappa shape index (κ1) is 9.51. The highest BCUT2D eigenvalue weighted by Crippen LogP contribution is 2.42. The van der Waals surface area contributed by atoms with Crippen molar-refractivity contribution in [1.82, 2.24) is 4.90 Å². The van der Waals surface area contributed by atoms with Gasteiger partial charge in [-0.15, -0.1) is 0 Å². The smallest absolute Gasteiger partial charge is 0.0125 e. The Bertz CT molecular complexity index is 168. The van der Waals surface area contributed by atoms with Crippen molar-refractivity contribution >= 4 is 0 Å². The maximum absolute atomic E-state index is 2.64. The van der Waals surface area contributed by atoms with Crippen molar-refractivity contribution < 1.29 is 0 Å². The van der Waals surface area contributed by atoms with Crippen LogP contribution < -0.4 is 0 Å². The summed E-state index contributed by atoms with van der Waals surface area (Å²) < 4.78 is 0. The largest absolute Gasteiger partial charge is 0.298 e. The lowest BCUT2D eigenvalue weighted by atomic mass is 9.89. The van der Waals surface area contributed by atoms with Crippen molar-refractivity contribution in [3.63, 3.8) is 0 Å². The van der Waals surface area contributed by atoms with Gasteiger partial charge < -0.3 is 0 Å². The summed E-state index contributed by atoms with van der Waals surface area (Å²) in [4.78, 5) is 2.64. The zero-order chi connectivity index (χ0) is 9.47. The van der Waals surface area contributed by atoms with E-state index in [0.29, 0.717) is 5.54 Å². The quantitative estimate of drug-likeness (QED) is 0.601. The molecule has 0 spiro atoms. The van der Waals surface area contributed by atoms with E-state index in [1.165, 1.54) is 38.8 Å². The molecule has 1 aliphatic heterocycles. The second-order valence-electron chi connectivity index (χ2n) is 5.83. The Morgan fingerprint density at radius 3 is 1.69 bits per heavy atom. The fourth-order valence-electron chi connectivity index (χ4n) is 2.61. The van der Waals surface area contributed by atoms with E-state index >= 15 is 0 Å². The van der Waals surface area contributed by atoms with Gasteiger partial charge in [0.25, 0.3) is 0 Å². The first-order chi connectivity index (χ1) is 6.07. The van der Waals surface area contributed by atoms with Crippen molar-refractivity contribution in [2.75, 3.05) is 13.1 Å². The summed E-state index contributed by atoms with van der Waals surface area (Å²) in [6.07, 6.45) is 5.98. The predicted octanol–water partition coefficient (Wildman–Crippen LogP) is 2.91. The molecule has 2 fully saturated rings. The third-order valence-corrected chi connectivity index (χ3v) is 3.78. The summed E-state index contributed by atoms with van der Waals surface area (Å²) in [6, 6.07) is 0. The molecule has 1 saturated heterocycles. The van der Waals surface area contributed by atoms with E-state index in [-0.39, 0.29) is 0 Å².